The Bertz CT molecular complexity index is 1590. The fraction of sp³-hybridized carbons (Fsp3) is 0.488. The summed E-state index contributed by atoms with van der Waals surface area (Å²) in [5, 5.41) is 33.9. The predicted octanol–water partition coefficient (Wildman–Crippen LogP) is 10.5. The summed E-state index contributed by atoms with van der Waals surface area (Å²) in [5.41, 5.74) is 2.26. The zero-order valence-corrected chi connectivity index (χ0v) is 30.6. The van der Waals surface area contributed by atoms with Crippen LogP contribution in [-0.4, -0.2) is 50.1 Å². The minimum atomic E-state index is -0.0568. The number of hydrogen-bond donors (Lipinski definition) is 3. The van der Waals surface area contributed by atoms with Crippen molar-refractivity contribution in [2.24, 2.45) is 0 Å². The maximum Gasteiger partial charge on any atom is 0.167 e. The van der Waals surface area contributed by atoms with Crippen LogP contribution in [0.1, 0.15) is 109 Å². The van der Waals surface area contributed by atoms with Crippen molar-refractivity contribution in [3.8, 4) is 68.7 Å². The maximum atomic E-state index is 11.4. The molecule has 0 amide bonds. The Morgan fingerprint density at radius 2 is 0.880 bits per heavy atom. The molecule has 0 unspecified atom stereocenters. The number of ether oxygens (including phenoxy) is 3. The van der Waals surface area contributed by atoms with E-state index in [0.717, 1.165) is 77.0 Å². The van der Waals surface area contributed by atoms with Gasteiger partial charge in [-0.15, -0.1) is 0 Å². The van der Waals surface area contributed by atoms with Crippen LogP contribution in [0.3, 0.4) is 0 Å². The number of benzene rings is 3. The van der Waals surface area contributed by atoms with E-state index in [2.05, 4.69) is 20.8 Å². The lowest BCUT2D eigenvalue weighted by Crippen LogP contribution is -2.03. The molecule has 0 bridgehead atoms. The van der Waals surface area contributed by atoms with E-state index >= 15 is 0 Å². The van der Waals surface area contributed by atoms with Crippen molar-refractivity contribution in [1.82, 2.24) is 15.0 Å². The Morgan fingerprint density at radius 1 is 0.480 bits per heavy atom. The van der Waals surface area contributed by atoms with Gasteiger partial charge in [0.25, 0.3) is 0 Å². The third kappa shape index (κ3) is 10.2. The van der Waals surface area contributed by atoms with Gasteiger partial charge in [-0.1, -0.05) is 78.6 Å². The Balaban J connectivity index is 1.71. The van der Waals surface area contributed by atoms with Crippen molar-refractivity contribution in [1.29, 1.82) is 0 Å². The zero-order valence-electron chi connectivity index (χ0n) is 30.6. The molecule has 3 aromatic carbocycles. The fourth-order valence-electron chi connectivity index (χ4n) is 5.71. The molecule has 0 aliphatic carbocycles. The van der Waals surface area contributed by atoms with Crippen LogP contribution >= 0.6 is 0 Å². The highest BCUT2D eigenvalue weighted by molar-refractivity contribution is 5.76. The second-order valence-electron chi connectivity index (χ2n) is 12.9. The van der Waals surface area contributed by atoms with Crippen LogP contribution < -0.4 is 14.2 Å². The molecule has 270 valence electrons. The van der Waals surface area contributed by atoms with Crippen molar-refractivity contribution in [2.75, 3.05) is 19.8 Å². The minimum Gasteiger partial charge on any atom is -0.507 e. The summed E-state index contributed by atoms with van der Waals surface area (Å²) in [5.74, 6) is 2.21. The molecule has 9 nitrogen and oxygen atoms in total. The van der Waals surface area contributed by atoms with Crippen molar-refractivity contribution in [3.05, 3.63) is 53.6 Å². The molecule has 4 aromatic rings. The molecule has 0 fully saturated rings. The maximum absolute atomic E-state index is 11.4. The van der Waals surface area contributed by atoms with E-state index in [0.29, 0.717) is 64.9 Å². The van der Waals surface area contributed by atoms with E-state index in [4.69, 9.17) is 29.2 Å². The number of aromatic nitrogens is 3. The highest BCUT2D eigenvalue weighted by Gasteiger charge is 2.22. The molecule has 0 aliphatic heterocycles. The Kier molecular flexibility index (Phi) is 15.0. The topological polar surface area (TPSA) is 127 Å². The van der Waals surface area contributed by atoms with Gasteiger partial charge in [-0.2, -0.15) is 0 Å². The smallest absolute Gasteiger partial charge is 0.167 e. The number of hydrogen-bond acceptors (Lipinski definition) is 9. The first-order valence-corrected chi connectivity index (χ1v) is 18.4. The van der Waals surface area contributed by atoms with Crippen LogP contribution in [0, 0.1) is 13.8 Å². The fourth-order valence-corrected chi connectivity index (χ4v) is 5.71. The van der Waals surface area contributed by atoms with Crippen molar-refractivity contribution >= 4 is 0 Å². The first-order valence-electron chi connectivity index (χ1n) is 18.4. The van der Waals surface area contributed by atoms with E-state index in [1.807, 2.05) is 12.1 Å². The van der Waals surface area contributed by atoms with Gasteiger partial charge in [0.15, 0.2) is 17.5 Å². The molecule has 0 radical (unpaired) electrons. The molecule has 0 aliphatic rings. The lowest BCUT2D eigenvalue weighted by Gasteiger charge is -2.16. The number of phenols is 3. The molecule has 0 spiro atoms. The summed E-state index contributed by atoms with van der Waals surface area (Å²) in [4.78, 5) is 14.2. The lowest BCUT2D eigenvalue weighted by atomic mass is 10.1. The molecule has 1 heterocycles. The molecule has 0 saturated heterocycles. The Labute approximate surface area is 297 Å². The zero-order chi connectivity index (χ0) is 35.9. The Hall–Kier alpha value is -4.53. The van der Waals surface area contributed by atoms with E-state index in [-0.39, 0.29) is 34.7 Å². The summed E-state index contributed by atoms with van der Waals surface area (Å²) in [6.45, 7) is 11.8. The van der Waals surface area contributed by atoms with Crippen LogP contribution in [0.25, 0.3) is 34.2 Å². The average Bonchev–Trinajstić information content (AvgIpc) is 3.11. The third-order valence-electron chi connectivity index (χ3n) is 8.87. The molecule has 4 rings (SSSR count). The summed E-state index contributed by atoms with van der Waals surface area (Å²) in [7, 11) is 0. The van der Waals surface area contributed by atoms with Crippen molar-refractivity contribution in [3.63, 3.8) is 0 Å². The standard InChI is InChI=1S/C41H55N3O6/c1-6-9-12-15-24-48-30-18-19-31(34(45)27-30)39-42-40(32-20-22-35(28(4)37(32)46)49-25-16-13-10-7-2)44-41(43-39)33-21-23-36(29(5)38(33)47)50-26-17-14-11-8-3/h18-23,27,45-47H,6-17,24-26H2,1-5H3. The first kappa shape index (κ1) is 38.3. The van der Waals surface area contributed by atoms with Gasteiger partial charge in [0.1, 0.15) is 34.5 Å². The number of aromatic hydroxyl groups is 3. The largest absolute Gasteiger partial charge is 0.507 e. The molecule has 3 N–H and O–H groups in total. The summed E-state index contributed by atoms with van der Waals surface area (Å²) in [6, 6.07) is 12.1. The van der Waals surface area contributed by atoms with E-state index in [1.165, 1.54) is 0 Å². The monoisotopic (exact) mass is 685 g/mol. The van der Waals surface area contributed by atoms with Crippen LogP contribution in [-0.2, 0) is 0 Å². The summed E-state index contributed by atoms with van der Waals surface area (Å²) >= 11 is 0. The first-order chi connectivity index (χ1) is 24.3. The SMILES string of the molecule is CCCCCCOc1ccc(-c2nc(-c3ccc(OCCCCCC)c(C)c3O)nc(-c3ccc(OCCCCCC)c(C)c3O)n2)c(O)c1. The van der Waals surface area contributed by atoms with Crippen LogP contribution in [0.5, 0.6) is 34.5 Å². The molecule has 50 heavy (non-hydrogen) atoms. The molecular formula is C41H55N3O6. The van der Waals surface area contributed by atoms with Gasteiger partial charge < -0.3 is 29.5 Å². The van der Waals surface area contributed by atoms with Gasteiger partial charge in [0.2, 0.25) is 0 Å². The number of unbranched alkanes of at least 4 members (excludes halogenated alkanes) is 9. The van der Waals surface area contributed by atoms with Crippen molar-refractivity contribution < 1.29 is 29.5 Å². The molecule has 0 saturated carbocycles. The summed E-state index contributed by atoms with van der Waals surface area (Å²) in [6.07, 6.45) is 13.0. The molecule has 0 atom stereocenters. The predicted molar refractivity (Wildman–Crippen MR) is 200 cm³/mol. The quantitative estimate of drug-likeness (QED) is 0.0734. The van der Waals surface area contributed by atoms with Gasteiger partial charge >= 0.3 is 0 Å². The van der Waals surface area contributed by atoms with E-state index in [1.54, 1.807) is 44.2 Å². The summed E-state index contributed by atoms with van der Waals surface area (Å²) < 4.78 is 17.9. The molecule has 1 aromatic heterocycles. The van der Waals surface area contributed by atoms with Gasteiger partial charge in [-0.05, 0) is 69.5 Å². The lowest BCUT2D eigenvalue weighted by molar-refractivity contribution is 0.301. The molecule has 9 heteroatoms. The van der Waals surface area contributed by atoms with Crippen LogP contribution in [0.2, 0.25) is 0 Å². The second-order valence-corrected chi connectivity index (χ2v) is 12.9. The third-order valence-corrected chi connectivity index (χ3v) is 8.87. The van der Waals surface area contributed by atoms with Crippen LogP contribution in [0.4, 0.5) is 0 Å². The van der Waals surface area contributed by atoms with Gasteiger partial charge in [0, 0.05) is 17.2 Å². The normalized spacial score (nSPS) is 11.1. The highest BCUT2D eigenvalue weighted by Crippen LogP contribution is 2.41. The number of rotatable bonds is 21. The number of nitrogens with zero attached hydrogens (tertiary/aromatic N) is 3. The highest BCUT2D eigenvalue weighted by atomic mass is 16.5. The van der Waals surface area contributed by atoms with Crippen molar-refractivity contribution in [2.45, 2.75) is 112 Å². The molecular weight excluding hydrogens is 630 g/mol. The number of phenolic OH excluding ortho intramolecular Hbond substituents is 3. The van der Waals surface area contributed by atoms with Gasteiger partial charge in [0.05, 0.1) is 36.5 Å². The average molecular weight is 686 g/mol. The van der Waals surface area contributed by atoms with Gasteiger partial charge in [-0.3, -0.25) is 0 Å². The van der Waals surface area contributed by atoms with Crippen LogP contribution in [0.15, 0.2) is 42.5 Å². The van der Waals surface area contributed by atoms with Gasteiger partial charge in [-0.25, -0.2) is 15.0 Å². The Morgan fingerprint density at radius 3 is 1.30 bits per heavy atom. The van der Waals surface area contributed by atoms with E-state index in [9.17, 15) is 15.3 Å². The minimum absolute atomic E-state index is 0.0116. The van der Waals surface area contributed by atoms with E-state index < -0.39 is 0 Å². The second kappa shape index (κ2) is 19.6.